The molecule has 1 aromatic heterocycles. The van der Waals surface area contributed by atoms with Crippen molar-refractivity contribution in [1.29, 1.82) is 0 Å². The summed E-state index contributed by atoms with van der Waals surface area (Å²) < 4.78 is 11.3. The first-order valence-electron chi connectivity index (χ1n) is 11.0. The number of carbonyl (C=O) groups is 1. The predicted octanol–water partition coefficient (Wildman–Crippen LogP) is 5.22. The summed E-state index contributed by atoms with van der Waals surface area (Å²) in [5.41, 5.74) is 3.23. The lowest BCUT2D eigenvalue weighted by Crippen LogP contribution is -2.35. The minimum Gasteiger partial charge on any atom is -0.491 e. The lowest BCUT2D eigenvalue weighted by Gasteiger charge is -2.25. The second-order valence-electron chi connectivity index (χ2n) is 9.24. The number of benzene rings is 2. The predicted molar refractivity (Wildman–Crippen MR) is 126 cm³/mol. The van der Waals surface area contributed by atoms with Gasteiger partial charge in [-0.2, -0.15) is 0 Å². The maximum atomic E-state index is 11.4. The Morgan fingerprint density at radius 2 is 1.72 bits per heavy atom. The molecule has 2 aromatic carbocycles. The second kappa shape index (κ2) is 10.6. The average Bonchev–Trinajstić information content (AvgIpc) is 3.25. The summed E-state index contributed by atoms with van der Waals surface area (Å²) in [6, 6.07) is 19.4. The Morgan fingerprint density at radius 3 is 2.28 bits per heavy atom. The molecule has 5 heteroatoms. The smallest absolute Gasteiger partial charge is 0.159 e. The Bertz CT molecular complexity index is 970. The number of nitrogens with zero attached hydrogens (tertiary/aromatic N) is 1. The van der Waals surface area contributed by atoms with E-state index >= 15 is 0 Å². The van der Waals surface area contributed by atoms with Gasteiger partial charge in [-0.3, -0.25) is 9.69 Å². The van der Waals surface area contributed by atoms with E-state index in [-0.39, 0.29) is 17.8 Å². The van der Waals surface area contributed by atoms with Gasteiger partial charge in [0.05, 0.1) is 12.8 Å². The summed E-state index contributed by atoms with van der Waals surface area (Å²) in [5.74, 6) is 1.49. The normalized spacial score (nSPS) is 12.7. The zero-order valence-electron chi connectivity index (χ0n) is 19.4. The number of Topliss-reactive ketones (excluding diaryl/α,β-unsaturated/α-hetero) is 1. The highest BCUT2D eigenvalue weighted by molar-refractivity contribution is 5.94. The van der Waals surface area contributed by atoms with Gasteiger partial charge in [-0.1, -0.05) is 45.0 Å². The molecule has 0 spiro atoms. The van der Waals surface area contributed by atoms with Crippen LogP contribution in [0.3, 0.4) is 0 Å². The van der Waals surface area contributed by atoms with E-state index in [1.165, 1.54) is 18.1 Å². The number of rotatable bonds is 10. The highest BCUT2D eigenvalue weighted by Crippen LogP contribution is 2.23. The summed E-state index contributed by atoms with van der Waals surface area (Å²) >= 11 is 0. The number of furan rings is 1. The maximum Gasteiger partial charge on any atom is 0.159 e. The van der Waals surface area contributed by atoms with Crippen LogP contribution in [0, 0.1) is 0 Å². The Balaban J connectivity index is 1.61. The molecule has 0 aliphatic heterocycles. The minimum absolute atomic E-state index is 0.0145. The van der Waals surface area contributed by atoms with Crippen LogP contribution in [0.1, 0.15) is 54.9 Å². The molecule has 1 atom stereocenters. The van der Waals surface area contributed by atoms with Gasteiger partial charge < -0.3 is 14.3 Å². The van der Waals surface area contributed by atoms with Crippen LogP contribution in [0.5, 0.6) is 5.75 Å². The van der Waals surface area contributed by atoms with E-state index in [0.717, 1.165) is 5.76 Å². The van der Waals surface area contributed by atoms with Crippen molar-refractivity contribution >= 4 is 5.78 Å². The molecule has 5 nitrogen and oxygen atoms in total. The van der Waals surface area contributed by atoms with E-state index in [4.69, 9.17) is 9.15 Å². The van der Waals surface area contributed by atoms with Gasteiger partial charge in [0.1, 0.15) is 24.2 Å². The summed E-state index contributed by atoms with van der Waals surface area (Å²) in [7, 11) is 0. The van der Waals surface area contributed by atoms with Gasteiger partial charge in [0, 0.05) is 18.7 Å². The fourth-order valence-corrected chi connectivity index (χ4v) is 3.51. The van der Waals surface area contributed by atoms with Crippen LogP contribution < -0.4 is 4.74 Å². The van der Waals surface area contributed by atoms with Crippen molar-refractivity contribution in [3.8, 4) is 5.75 Å². The summed E-state index contributed by atoms with van der Waals surface area (Å²) in [4.78, 5) is 13.5. The number of hydrogen-bond acceptors (Lipinski definition) is 5. The van der Waals surface area contributed by atoms with E-state index in [1.807, 2.05) is 12.1 Å². The minimum atomic E-state index is -0.675. The number of aliphatic hydroxyl groups is 1. The van der Waals surface area contributed by atoms with Crippen LogP contribution in [-0.4, -0.2) is 35.0 Å². The van der Waals surface area contributed by atoms with Crippen molar-refractivity contribution in [1.82, 2.24) is 4.90 Å². The summed E-state index contributed by atoms with van der Waals surface area (Å²) in [6.07, 6.45) is 0.988. The average molecular weight is 436 g/mol. The van der Waals surface area contributed by atoms with Crippen LogP contribution in [0.4, 0.5) is 0 Å². The van der Waals surface area contributed by atoms with Gasteiger partial charge in [0.2, 0.25) is 0 Å². The lowest BCUT2D eigenvalue weighted by atomic mass is 9.87. The van der Waals surface area contributed by atoms with Crippen LogP contribution in [0.15, 0.2) is 71.3 Å². The van der Waals surface area contributed by atoms with E-state index in [9.17, 15) is 9.90 Å². The first-order valence-corrected chi connectivity index (χ1v) is 11.0. The number of carbonyl (C=O) groups excluding carboxylic acids is 1. The number of ketones is 1. The van der Waals surface area contributed by atoms with Gasteiger partial charge >= 0.3 is 0 Å². The maximum absolute atomic E-state index is 11.4. The Labute approximate surface area is 190 Å². The quantitative estimate of drug-likeness (QED) is 0.442. The van der Waals surface area contributed by atoms with Crippen molar-refractivity contribution in [2.24, 2.45) is 0 Å². The van der Waals surface area contributed by atoms with E-state index in [2.05, 4.69) is 49.9 Å². The molecule has 0 saturated carbocycles. The van der Waals surface area contributed by atoms with Gasteiger partial charge in [-0.05, 0) is 59.9 Å². The molecule has 0 fully saturated rings. The Hall–Kier alpha value is -2.89. The Morgan fingerprint density at radius 1 is 1.03 bits per heavy atom. The van der Waals surface area contributed by atoms with Crippen LogP contribution in [-0.2, 0) is 18.5 Å². The molecule has 170 valence electrons. The molecular weight excluding hydrogens is 402 g/mol. The van der Waals surface area contributed by atoms with E-state index in [0.29, 0.717) is 30.9 Å². The second-order valence-corrected chi connectivity index (χ2v) is 9.24. The molecule has 0 radical (unpaired) electrons. The number of hydrogen-bond donors (Lipinski definition) is 1. The first-order chi connectivity index (χ1) is 15.2. The van der Waals surface area contributed by atoms with Crippen LogP contribution in [0.25, 0.3) is 0 Å². The summed E-state index contributed by atoms with van der Waals surface area (Å²) in [5, 5.41) is 10.6. The van der Waals surface area contributed by atoms with Gasteiger partial charge in [0.25, 0.3) is 0 Å². The van der Waals surface area contributed by atoms with Crippen molar-refractivity contribution in [2.45, 2.75) is 52.3 Å². The lowest BCUT2D eigenvalue weighted by molar-refractivity contribution is 0.0604. The molecule has 3 aromatic rings. The van der Waals surface area contributed by atoms with Crippen molar-refractivity contribution < 1.29 is 19.1 Å². The standard InChI is InChI=1S/C27H33NO4/c1-20(29)22-9-13-25(14-10-22)32-19-24(30)17-28(18-26-6-5-15-31-26)16-21-7-11-23(12-8-21)27(2,3)4/h5-15,24,30H,16-19H2,1-4H3. The SMILES string of the molecule is CC(=O)c1ccc(OCC(O)CN(Cc2ccc(C(C)(C)C)cc2)Cc2ccco2)cc1. The van der Waals surface area contributed by atoms with E-state index < -0.39 is 6.10 Å². The third-order valence-corrected chi connectivity index (χ3v) is 5.36. The van der Waals surface area contributed by atoms with Crippen molar-refractivity contribution in [3.63, 3.8) is 0 Å². The molecule has 3 rings (SSSR count). The molecule has 0 aliphatic carbocycles. The molecule has 1 N–H and O–H groups in total. The molecule has 0 amide bonds. The van der Waals surface area contributed by atoms with Gasteiger partial charge in [0.15, 0.2) is 5.78 Å². The largest absolute Gasteiger partial charge is 0.491 e. The zero-order chi connectivity index (χ0) is 23.1. The number of ether oxygens (including phenoxy) is 1. The fourth-order valence-electron chi connectivity index (χ4n) is 3.51. The monoisotopic (exact) mass is 435 g/mol. The van der Waals surface area contributed by atoms with Crippen LogP contribution >= 0.6 is 0 Å². The molecule has 1 heterocycles. The Kier molecular flexibility index (Phi) is 7.89. The molecule has 0 bridgehead atoms. The topological polar surface area (TPSA) is 62.9 Å². The van der Waals surface area contributed by atoms with Crippen LogP contribution in [0.2, 0.25) is 0 Å². The highest BCUT2D eigenvalue weighted by Gasteiger charge is 2.17. The summed E-state index contributed by atoms with van der Waals surface area (Å²) in [6.45, 7) is 10.0. The molecule has 0 aliphatic rings. The highest BCUT2D eigenvalue weighted by atomic mass is 16.5. The van der Waals surface area contributed by atoms with Gasteiger partial charge in [-0.25, -0.2) is 0 Å². The number of aliphatic hydroxyl groups excluding tert-OH is 1. The third kappa shape index (κ3) is 7.08. The fraction of sp³-hybridized carbons (Fsp3) is 0.370. The molecular formula is C27H33NO4. The van der Waals surface area contributed by atoms with Crippen molar-refractivity contribution in [2.75, 3.05) is 13.2 Å². The van der Waals surface area contributed by atoms with E-state index in [1.54, 1.807) is 30.5 Å². The third-order valence-electron chi connectivity index (χ3n) is 5.36. The molecule has 1 unspecified atom stereocenters. The van der Waals surface area contributed by atoms with Crippen molar-refractivity contribution in [3.05, 3.63) is 89.4 Å². The first kappa shape index (κ1) is 23.8. The zero-order valence-corrected chi connectivity index (χ0v) is 19.4. The molecule has 32 heavy (non-hydrogen) atoms. The molecule has 0 saturated heterocycles. The van der Waals surface area contributed by atoms with Gasteiger partial charge in [-0.15, -0.1) is 0 Å².